The second kappa shape index (κ2) is 12.4. The maximum Gasteiger partial charge on any atom is 0.259 e. The molecule has 7 nitrogen and oxygen atoms in total. The lowest BCUT2D eigenvalue weighted by Gasteiger charge is -2.12. The van der Waals surface area contributed by atoms with Gasteiger partial charge in [-0.05, 0) is 66.9 Å². The number of ether oxygens (including phenoxy) is 2. The molecule has 3 aromatic rings. The number of nitrogens with one attached hydrogen (secondary N) is 2. The summed E-state index contributed by atoms with van der Waals surface area (Å²) in [5.41, 5.74) is 5.46. The van der Waals surface area contributed by atoms with Gasteiger partial charge in [0.15, 0.2) is 11.5 Å². The number of hydrogen-bond acceptors (Lipinski definition) is 5. The van der Waals surface area contributed by atoms with E-state index in [4.69, 9.17) is 21.1 Å². The fraction of sp³-hybridized carbons (Fsp3) is 0.192. The van der Waals surface area contributed by atoms with E-state index in [9.17, 15) is 9.59 Å². The number of hydrazone groups is 1. The average molecular weight is 480 g/mol. The van der Waals surface area contributed by atoms with Gasteiger partial charge in [-0.3, -0.25) is 9.59 Å². The monoisotopic (exact) mass is 479 g/mol. The molecule has 3 aromatic carbocycles. The predicted octanol–water partition coefficient (Wildman–Crippen LogP) is 4.51. The molecule has 0 radical (unpaired) electrons. The van der Waals surface area contributed by atoms with E-state index in [1.165, 1.54) is 6.21 Å². The maximum absolute atomic E-state index is 12.2. The molecule has 0 heterocycles. The predicted molar refractivity (Wildman–Crippen MR) is 133 cm³/mol. The van der Waals surface area contributed by atoms with Crippen molar-refractivity contribution in [3.63, 3.8) is 0 Å². The molecule has 3 rings (SSSR count). The first-order valence-electron chi connectivity index (χ1n) is 10.8. The number of benzene rings is 3. The molecule has 0 aromatic heterocycles. The van der Waals surface area contributed by atoms with Gasteiger partial charge in [-0.15, -0.1) is 0 Å². The molecule has 0 unspecified atom stereocenters. The van der Waals surface area contributed by atoms with Crippen molar-refractivity contribution in [2.45, 2.75) is 20.5 Å². The molecule has 0 aliphatic rings. The minimum absolute atomic E-state index is 0.188. The lowest BCUT2D eigenvalue weighted by Crippen LogP contribution is -2.35. The first-order valence-corrected chi connectivity index (χ1v) is 11.1. The van der Waals surface area contributed by atoms with Crippen molar-refractivity contribution in [1.29, 1.82) is 0 Å². The zero-order valence-corrected chi connectivity index (χ0v) is 19.8. The molecule has 0 atom stereocenters. The molecule has 0 aliphatic carbocycles. The van der Waals surface area contributed by atoms with Crippen molar-refractivity contribution in [2.75, 3.05) is 13.2 Å². The van der Waals surface area contributed by atoms with E-state index >= 15 is 0 Å². The van der Waals surface area contributed by atoms with E-state index in [0.717, 1.165) is 11.1 Å². The number of aryl methyl sites for hydroxylation is 1. The Bertz CT molecular complexity index is 1160. The van der Waals surface area contributed by atoms with Crippen LogP contribution in [0.5, 0.6) is 11.5 Å². The summed E-state index contributed by atoms with van der Waals surface area (Å²) < 4.78 is 11.6. The Morgan fingerprint density at radius 1 is 1.00 bits per heavy atom. The van der Waals surface area contributed by atoms with Crippen molar-refractivity contribution in [3.05, 3.63) is 94.0 Å². The topological polar surface area (TPSA) is 89.0 Å². The van der Waals surface area contributed by atoms with Crippen molar-refractivity contribution >= 4 is 29.6 Å². The van der Waals surface area contributed by atoms with Crippen molar-refractivity contribution in [1.82, 2.24) is 10.7 Å². The van der Waals surface area contributed by atoms with Gasteiger partial charge in [0.05, 0.1) is 19.4 Å². The van der Waals surface area contributed by atoms with E-state index in [1.807, 2.05) is 50.2 Å². The number of nitrogens with zero attached hydrogens (tertiary/aromatic N) is 1. The number of carbonyl (C=O) groups excluding carboxylic acids is 2. The van der Waals surface area contributed by atoms with Crippen LogP contribution in [0.25, 0.3) is 0 Å². The number of halogens is 1. The Kier molecular flexibility index (Phi) is 9.05. The summed E-state index contributed by atoms with van der Waals surface area (Å²) in [6.45, 7) is 4.37. The molecule has 2 N–H and O–H groups in total. The first-order chi connectivity index (χ1) is 16.5. The second-order valence-corrected chi connectivity index (χ2v) is 7.78. The van der Waals surface area contributed by atoms with Crippen molar-refractivity contribution in [3.8, 4) is 11.5 Å². The minimum Gasteiger partial charge on any atom is -0.490 e. The summed E-state index contributed by atoms with van der Waals surface area (Å²) >= 11 is 5.92. The Morgan fingerprint density at radius 3 is 2.50 bits per heavy atom. The lowest BCUT2D eigenvalue weighted by atomic mass is 10.1. The molecule has 0 spiro atoms. The van der Waals surface area contributed by atoms with Gasteiger partial charge in [-0.25, -0.2) is 5.43 Å². The van der Waals surface area contributed by atoms with Gasteiger partial charge in [0.25, 0.3) is 11.8 Å². The van der Waals surface area contributed by atoms with E-state index in [2.05, 4.69) is 15.8 Å². The number of amides is 2. The van der Waals surface area contributed by atoms with E-state index in [0.29, 0.717) is 40.9 Å². The van der Waals surface area contributed by atoms with Crippen LogP contribution >= 0.6 is 11.6 Å². The van der Waals surface area contributed by atoms with Crippen molar-refractivity contribution in [2.24, 2.45) is 5.10 Å². The van der Waals surface area contributed by atoms with Gasteiger partial charge in [-0.2, -0.15) is 5.10 Å². The van der Waals surface area contributed by atoms with Gasteiger partial charge in [0, 0.05) is 10.6 Å². The number of rotatable bonds is 10. The average Bonchev–Trinajstić information content (AvgIpc) is 2.83. The molecule has 34 heavy (non-hydrogen) atoms. The fourth-order valence-corrected chi connectivity index (χ4v) is 3.16. The Balaban J connectivity index is 1.53. The zero-order chi connectivity index (χ0) is 24.3. The van der Waals surface area contributed by atoms with Crippen LogP contribution in [0.4, 0.5) is 0 Å². The largest absolute Gasteiger partial charge is 0.490 e. The van der Waals surface area contributed by atoms with Crippen LogP contribution in [0.15, 0.2) is 71.8 Å². The highest BCUT2D eigenvalue weighted by Crippen LogP contribution is 2.29. The molecule has 176 valence electrons. The molecular formula is C26H26ClN3O4. The van der Waals surface area contributed by atoms with Crippen LogP contribution in [0.1, 0.15) is 34.0 Å². The second-order valence-electron chi connectivity index (χ2n) is 7.35. The standard InChI is InChI=1S/C26H26ClN3O4/c1-3-33-24-14-20(10-13-23(24)34-17-19-8-11-21(27)12-9-19)15-29-30-25(31)16-28-26(32)22-7-5-4-6-18(22)2/h4-15H,3,16-17H2,1-2H3,(H,28,32)(H,30,31)/b29-15+. The Hall–Kier alpha value is -3.84. The smallest absolute Gasteiger partial charge is 0.259 e. The Morgan fingerprint density at radius 2 is 1.76 bits per heavy atom. The highest BCUT2D eigenvalue weighted by Gasteiger charge is 2.10. The summed E-state index contributed by atoms with van der Waals surface area (Å²) in [6, 6.07) is 19.9. The zero-order valence-electron chi connectivity index (χ0n) is 19.0. The molecule has 8 heteroatoms. The molecule has 0 bridgehead atoms. The number of hydrogen-bond donors (Lipinski definition) is 2. The quantitative estimate of drug-likeness (QED) is 0.331. The number of carbonyl (C=O) groups is 2. The van der Waals surface area contributed by atoms with E-state index in [-0.39, 0.29) is 12.5 Å². The maximum atomic E-state index is 12.2. The SMILES string of the molecule is CCOc1cc(/C=N/NC(=O)CNC(=O)c2ccccc2C)ccc1OCc1ccc(Cl)cc1. The molecule has 0 fully saturated rings. The third kappa shape index (κ3) is 7.35. The summed E-state index contributed by atoms with van der Waals surface area (Å²) in [5.74, 6) is 0.410. The summed E-state index contributed by atoms with van der Waals surface area (Å²) in [6.07, 6.45) is 1.49. The fourth-order valence-electron chi connectivity index (χ4n) is 3.04. The summed E-state index contributed by atoms with van der Waals surface area (Å²) in [4.78, 5) is 24.2. The summed E-state index contributed by atoms with van der Waals surface area (Å²) in [5, 5.41) is 7.21. The Labute approximate surface area is 203 Å². The molecule has 2 amide bonds. The van der Waals surface area contributed by atoms with Crippen LogP contribution in [0.3, 0.4) is 0 Å². The molecule has 0 saturated heterocycles. The van der Waals surface area contributed by atoms with E-state index < -0.39 is 5.91 Å². The van der Waals surface area contributed by atoms with Crippen LogP contribution in [-0.4, -0.2) is 31.2 Å². The minimum atomic E-state index is -0.439. The molecule has 0 saturated carbocycles. The van der Waals surface area contributed by atoms with Gasteiger partial charge < -0.3 is 14.8 Å². The van der Waals surface area contributed by atoms with Gasteiger partial charge in [0.2, 0.25) is 0 Å². The third-order valence-electron chi connectivity index (χ3n) is 4.78. The highest BCUT2D eigenvalue weighted by molar-refractivity contribution is 6.30. The van der Waals surface area contributed by atoms with Crippen LogP contribution in [0, 0.1) is 6.92 Å². The van der Waals surface area contributed by atoms with Crippen LogP contribution < -0.4 is 20.2 Å². The first kappa shape index (κ1) is 24.8. The lowest BCUT2D eigenvalue weighted by molar-refractivity contribution is -0.120. The molecular weight excluding hydrogens is 454 g/mol. The molecule has 0 aliphatic heterocycles. The highest BCUT2D eigenvalue weighted by atomic mass is 35.5. The van der Waals surface area contributed by atoms with Crippen molar-refractivity contribution < 1.29 is 19.1 Å². The third-order valence-corrected chi connectivity index (χ3v) is 5.03. The van der Waals surface area contributed by atoms with Gasteiger partial charge in [0.1, 0.15) is 6.61 Å². The van der Waals surface area contributed by atoms with Crippen LogP contribution in [-0.2, 0) is 11.4 Å². The summed E-state index contributed by atoms with van der Waals surface area (Å²) in [7, 11) is 0. The normalized spacial score (nSPS) is 10.7. The van der Waals surface area contributed by atoms with E-state index in [1.54, 1.807) is 30.3 Å². The van der Waals surface area contributed by atoms with Gasteiger partial charge in [-0.1, -0.05) is 41.9 Å². The van der Waals surface area contributed by atoms with Crippen LogP contribution in [0.2, 0.25) is 5.02 Å². The van der Waals surface area contributed by atoms with Gasteiger partial charge >= 0.3 is 0 Å².